The van der Waals surface area contributed by atoms with Crippen LogP contribution in [-0.2, 0) is 19.6 Å². The Balaban J connectivity index is 1.67. The highest BCUT2D eigenvalue weighted by molar-refractivity contribution is 7.89. The van der Waals surface area contributed by atoms with Gasteiger partial charge < -0.3 is 19.3 Å². The van der Waals surface area contributed by atoms with Crippen molar-refractivity contribution in [2.75, 3.05) is 53.0 Å². The third-order valence-electron chi connectivity index (χ3n) is 5.79. The Hall–Kier alpha value is -2.33. The normalized spacial score (nSPS) is 20.4. The van der Waals surface area contributed by atoms with Crippen molar-refractivity contribution in [2.24, 2.45) is 5.92 Å². The summed E-state index contributed by atoms with van der Waals surface area (Å²) in [6.45, 7) is 6.11. The van der Waals surface area contributed by atoms with Crippen LogP contribution in [0, 0.1) is 12.8 Å². The maximum Gasteiger partial charge on any atom is 0.409 e. The van der Waals surface area contributed by atoms with Crippen LogP contribution in [0.15, 0.2) is 23.1 Å². The van der Waals surface area contributed by atoms with Gasteiger partial charge in [0.15, 0.2) is 0 Å². The summed E-state index contributed by atoms with van der Waals surface area (Å²) in [4.78, 5) is 28.4. The van der Waals surface area contributed by atoms with Crippen LogP contribution < -0.4 is 4.74 Å². The zero-order valence-corrected chi connectivity index (χ0v) is 19.2. The highest BCUT2D eigenvalue weighted by Gasteiger charge is 2.37. The smallest absolute Gasteiger partial charge is 0.409 e. The van der Waals surface area contributed by atoms with Gasteiger partial charge in [-0.15, -0.1) is 0 Å². The highest BCUT2D eigenvalue weighted by atomic mass is 32.2. The van der Waals surface area contributed by atoms with E-state index in [0.717, 1.165) is 5.56 Å². The van der Waals surface area contributed by atoms with Gasteiger partial charge in [0.2, 0.25) is 15.9 Å². The van der Waals surface area contributed by atoms with E-state index in [0.29, 0.717) is 57.9 Å². The van der Waals surface area contributed by atoms with Crippen LogP contribution in [0.4, 0.5) is 4.79 Å². The Morgan fingerprint density at radius 1 is 1.10 bits per heavy atom. The van der Waals surface area contributed by atoms with Gasteiger partial charge in [0.05, 0.1) is 19.6 Å². The van der Waals surface area contributed by atoms with Crippen LogP contribution in [0.5, 0.6) is 5.75 Å². The average molecular weight is 454 g/mol. The number of amides is 2. The van der Waals surface area contributed by atoms with Crippen molar-refractivity contribution in [1.82, 2.24) is 14.1 Å². The number of nitrogens with zero attached hydrogens (tertiary/aromatic N) is 3. The lowest BCUT2D eigenvalue weighted by Gasteiger charge is -2.38. The van der Waals surface area contributed by atoms with Crippen molar-refractivity contribution >= 4 is 22.0 Å². The van der Waals surface area contributed by atoms with E-state index >= 15 is 0 Å². The molecule has 0 radical (unpaired) electrons. The van der Waals surface area contributed by atoms with Crippen LogP contribution in [0.1, 0.15) is 25.3 Å². The molecule has 1 aromatic carbocycles. The maximum atomic E-state index is 13.3. The van der Waals surface area contributed by atoms with E-state index in [1.165, 1.54) is 11.4 Å². The Bertz CT molecular complexity index is 912. The topological polar surface area (TPSA) is 96.5 Å². The molecule has 10 heteroatoms. The minimum Gasteiger partial charge on any atom is -0.495 e. The van der Waals surface area contributed by atoms with Gasteiger partial charge >= 0.3 is 6.09 Å². The molecule has 0 aliphatic carbocycles. The minimum absolute atomic E-state index is 0.0559. The third-order valence-corrected chi connectivity index (χ3v) is 7.67. The van der Waals surface area contributed by atoms with Gasteiger partial charge in [-0.1, -0.05) is 6.07 Å². The molecular weight excluding hydrogens is 422 g/mol. The lowest BCUT2D eigenvalue weighted by molar-refractivity contribution is -0.138. The average Bonchev–Trinajstić information content (AvgIpc) is 2.79. The summed E-state index contributed by atoms with van der Waals surface area (Å²) in [5.74, 6) is -0.151. The molecule has 0 bridgehead atoms. The second-order valence-electron chi connectivity index (χ2n) is 7.87. The highest BCUT2D eigenvalue weighted by Crippen LogP contribution is 2.31. The quantitative estimate of drug-likeness (QED) is 0.673. The molecule has 31 heavy (non-hydrogen) atoms. The molecule has 1 atom stereocenters. The predicted molar refractivity (Wildman–Crippen MR) is 114 cm³/mol. The van der Waals surface area contributed by atoms with E-state index in [2.05, 4.69) is 0 Å². The molecule has 172 valence electrons. The van der Waals surface area contributed by atoms with E-state index in [1.807, 2.05) is 6.92 Å². The van der Waals surface area contributed by atoms with Gasteiger partial charge in [-0.05, 0) is 44.4 Å². The molecular formula is C21H31N3O6S. The number of rotatable bonds is 5. The fourth-order valence-electron chi connectivity index (χ4n) is 4.07. The summed E-state index contributed by atoms with van der Waals surface area (Å²) in [6.07, 6.45) is 0.900. The van der Waals surface area contributed by atoms with Gasteiger partial charge in [-0.2, -0.15) is 4.31 Å². The van der Waals surface area contributed by atoms with E-state index in [1.54, 1.807) is 34.9 Å². The van der Waals surface area contributed by atoms with Crippen LogP contribution >= 0.6 is 0 Å². The first-order valence-electron chi connectivity index (χ1n) is 10.6. The van der Waals surface area contributed by atoms with Crippen molar-refractivity contribution in [3.8, 4) is 5.75 Å². The minimum atomic E-state index is -3.78. The number of carbonyl (C=O) groups is 2. The fourth-order valence-corrected chi connectivity index (χ4v) is 5.83. The molecule has 2 saturated heterocycles. The number of piperidine rings is 1. The Labute approximate surface area is 183 Å². The van der Waals surface area contributed by atoms with Gasteiger partial charge in [0.25, 0.3) is 0 Å². The molecule has 2 aliphatic heterocycles. The van der Waals surface area contributed by atoms with Crippen molar-refractivity contribution in [3.05, 3.63) is 23.8 Å². The summed E-state index contributed by atoms with van der Waals surface area (Å²) in [5, 5.41) is 0. The van der Waals surface area contributed by atoms with E-state index in [9.17, 15) is 18.0 Å². The monoisotopic (exact) mass is 453 g/mol. The first kappa shape index (κ1) is 23.3. The number of hydrogen-bond donors (Lipinski definition) is 0. The van der Waals surface area contributed by atoms with Gasteiger partial charge in [0, 0.05) is 39.3 Å². The summed E-state index contributed by atoms with van der Waals surface area (Å²) in [7, 11) is -2.34. The molecule has 9 nitrogen and oxygen atoms in total. The van der Waals surface area contributed by atoms with Crippen LogP contribution in [0.25, 0.3) is 0 Å². The number of piperazine rings is 1. The Morgan fingerprint density at radius 3 is 2.42 bits per heavy atom. The maximum absolute atomic E-state index is 13.3. The number of methoxy groups -OCH3 is 1. The molecule has 3 rings (SSSR count). The van der Waals surface area contributed by atoms with Crippen molar-refractivity contribution < 1.29 is 27.5 Å². The molecule has 2 amide bonds. The van der Waals surface area contributed by atoms with E-state index < -0.39 is 15.9 Å². The molecule has 0 N–H and O–H groups in total. The summed E-state index contributed by atoms with van der Waals surface area (Å²) in [6, 6.07) is 5.06. The third kappa shape index (κ3) is 5.12. The van der Waals surface area contributed by atoms with Crippen LogP contribution in [0.2, 0.25) is 0 Å². The number of benzene rings is 1. The lowest BCUT2D eigenvalue weighted by atomic mass is 9.98. The first-order valence-corrected chi connectivity index (χ1v) is 12.1. The number of sulfonamides is 1. The molecule has 0 saturated carbocycles. The largest absolute Gasteiger partial charge is 0.495 e. The van der Waals surface area contributed by atoms with Crippen molar-refractivity contribution in [3.63, 3.8) is 0 Å². The molecule has 1 aromatic rings. The van der Waals surface area contributed by atoms with Crippen molar-refractivity contribution in [2.45, 2.75) is 31.6 Å². The number of carbonyl (C=O) groups excluding carboxylic acids is 2. The summed E-state index contributed by atoms with van der Waals surface area (Å²) < 4.78 is 38.3. The second-order valence-corrected chi connectivity index (χ2v) is 9.77. The van der Waals surface area contributed by atoms with Gasteiger partial charge in [-0.25, -0.2) is 13.2 Å². The van der Waals surface area contributed by atoms with Crippen LogP contribution in [0.3, 0.4) is 0 Å². The molecule has 0 spiro atoms. The first-order chi connectivity index (χ1) is 14.8. The zero-order chi connectivity index (χ0) is 22.6. The van der Waals surface area contributed by atoms with E-state index in [-0.39, 0.29) is 23.4 Å². The summed E-state index contributed by atoms with van der Waals surface area (Å²) in [5.41, 5.74) is 0.823. The van der Waals surface area contributed by atoms with Gasteiger partial charge in [0.1, 0.15) is 10.6 Å². The summed E-state index contributed by atoms with van der Waals surface area (Å²) >= 11 is 0. The standard InChI is InChI=1S/C21H31N3O6S/c1-4-30-21(26)23-12-10-22(11-13-23)20(25)17-6-5-9-24(15-17)31(27,28)19-14-16(2)7-8-18(19)29-3/h7-8,14,17H,4-6,9-13,15H2,1-3H3/t17-/m0/s1. The zero-order valence-electron chi connectivity index (χ0n) is 18.4. The fraction of sp³-hybridized carbons (Fsp3) is 0.619. The van der Waals surface area contributed by atoms with E-state index in [4.69, 9.17) is 9.47 Å². The number of hydrogen-bond acceptors (Lipinski definition) is 6. The van der Waals surface area contributed by atoms with Crippen LogP contribution in [-0.4, -0.2) is 87.5 Å². The second kappa shape index (κ2) is 9.86. The predicted octanol–water partition coefficient (Wildman–Crippen LogP) is 1.71. The van der Waals surface area contributed by atoms with Crippen molar-refractivity contribution in [1.29, 1.82) is 0 Å². The Morgan fingerprint density at radius 2 is 1.77 bits per heavy atom. The molecule has 2 aliphatic rings. The number of aryl methyl sites for hydroxylation is 1. The molecule has 0 aromatic heterocycles. The molecule has 0 unspecified atom stereocenters. The molecule has 2 heterocycles. The SMILES string of the molecule is CCOC(=O)N1CCN(C(=O)[C@H]2CCCN(S(=O)(=O)c3cc(C)ccc3OC)C2)CC1. The Kier molecular flexibility index (Phi) is 7.42. The number of ether oxygens (including phenoxy) is 2. The lowest BCUT2D eigenvalue weighted by Crippen LogP contribution is -2.54. The molecule has 2 fully saturated rings. The van der Waals surface area contributed by atoms with Gasteiger partial charge in [-0.3, -0.25) is 4.79 Å².